The predicted octanol–water partition coefficient (Wildman–Crippen LogP) is -0.279. The molecular formula is C29H42O11. The van der Waals surface area contributed by atoms with Gasteiger partial charge in [0, 0.05) is 30.3 Å². The summed E-state index contributed by atoms with van der Waals surface area (Å²) in [7, 11) is 0. The molecule has 14 unspecified atom stereocenters. The Morgan fingerprint density at radius 2 is 1.70 bits per heavy atom. The van der Waals surface area contributed by atoms with Crippen molar-refractivity contribution in [3.8, 4) is 0 Å². The molecule has 5 fully saturated rings. The zero-order chi connectivity index (χ0) is 28.8. The summed E-state index contributed by atoms with van der Waals surface area (Å²) < 4.78 is 16.8. The van der Waals surface area contributed by atoms with Crippen LogP contribution in [0.4, 0.5) is 0 Å². The maximum absolute atomic E-state index is 13.0. The number of ether oxygens (including phenoxy) is 3. The Morgan fingerprint density at radius 3 is 2.38 bits per heavy atom. The molecule has 0 aromatic rings. The smallest absolute Gasteiger partial charge is 0.331 e. The van der Waals surface area contributed by atoms with Crippen molar-refractivity contribution in [1.82, 2.24) is 0 Å². The number of aldehydes is 1. The SMILES string of the molecule is CC1OC(OC2CCC3(C=O)C4CCC5(C)C(C6=CC(=O)OC6)C(O)CC5(O)C4CCC3(O)C2)C(O)C(O)C1O. The van der Waals surface area contributed by atoms with Crippen molar-refractivity contribution < 1.29 is 54.4 Å². The summed E-state index contributed by atoms with van der Waals surface area (Å²) in [5.74, 6) is -1.51. The van der Waals surface area contributed by atoms with Crippen molar-refractivity contribution in [3.63, 3.8) is 0 Å². The minimum Gasteiger partial charge on any atom is -0.458 e. The first-order chi connectivity index (χ1) is 18.8. The van der Waals surface area contributed by atoms with Gasteiger partial charge in [-0.15, -0.1) is 0 Å². The average molecular weight is 567 g/mol. The number of carbonyl (C=O) groups excluding carboxylic acids is 2. The highest BCUT2D eigenvalue weighted by Crippen LogP contribution is 2.70. The number of rotatable bonds is 4. The third kappa shape index (κ3) is 3.78. The number of cyclic esters (lactones) is 1. The zero-order valence-electron chi connectivity index (χ0n) is 23.0. The third-order valence-corrected chi connectivity index (χ3v) is 11.9. The van der Waals surface area contributed by atoms with Crippen LogP contribution in [-0.4, -0.2) is 104 Å². The molecule has 224 valence electrons. The zero-order valence-corrected chi connectivity index (χ0v) is 23.0. The maximum Gasteiger partial charge on any atom is 0.331 e. The fraction of sp³-hybridized carbons (Fsp3) is 0.862. The van der Waals surface area contributed by atoms with E-state index in [1.807, 2.05) is 6.92 Å². The lowest BCUT2D eigenvalue weighted by Gasteiger charge is -2.65. The maximum atomic E-state index is 13.0. The standard InChI is InChI=1S/C29H42O11/c1-14-22(33)23(34)24(35)25(39-14)40-16-3-7-27(13-30)17-4-6-26(2)21(15-9-20(32)38-12-15)19(31)11-29(26,37)18(17)5-8-28(27,36)10-16/h9,13-14,16-19,21-25,31,33-37H,3-8,10-12H2,1-2H3. The molecule has 11 nitrogen and oxygen atoms in total. The Balaban J connectivity index is 1.24. The number of hydrogen-bond donors (Lipinski definition) is 6. The highest BCUT2D eigenvalue weighted by Gasteiger charge is 2.73. The van der Waals surface area contributed by atoms with Crippen molar-refractivity contribution >= 4 is 12.3 Å². The van der Waals surface area contributed by atoms with E-state index in [0.717, 1.165) is 6.29 Å². The second kappa shape index (κ2) is 9.54. The largest absolute Gasteiger partial charge is 0.458 e. The summed E-state index contributed by atoms with van der Waals surface area (Å²) in [5, 5.41) is 66.2. The van der Waals surface area contributed by atoms with Crippen LogP contribution in [0.1, 0.15) is 65.2 Å². The Morgan fingerprint density at radius 1 is 0.975 bits per heavy atom. The molecule has 6 N–H and O–H groups in total. The molecule has 0 radical (unpaired) electrons. The Labute approximate surface area is 233 Å². The Hall–Kier alpha value is -1.44. The first-order valence-electron chi connectivity index (χ1n) is 14.6. The first kappa shape index (κ1) is 28.7. The predicted molar refractivity (Wildman–Crippen MR) is 136 cm³/mol. The minimum atomic E-state index is -1.46. The molecule has 4 aliphatic carbocycles. The number of esters is 1. The van der Waals surface area contributed by atoms with Crippen LogP contribution in [0.5, 0.6) is 0 Å². The van der Waals surface area contributed by atoms with Gasteiger partial charge in [-0.25, -0.2) is 4.79 Å². The molecule has 0 spiro atoms. The summed E-state index contributed by atoms with van der Waals surface area (Å²) >= 11 is 0. The van der Waals surface area contributed by atoms with E-state index in [4.69, 9.17) is 14.2 Å². The Kier molecular flexibility index (Phi) is 6.83. The molecule has 0 bridgehead atoms. The van der Waals surface area contributed by atoms with Gasteiger partial charge < -0.3 is 49.6 Å². The summed E-state index contributed by atoms with van der Waals surface area (Å²) in [4.78, 5) is 24.8. The van der Waals surface area contributed by atoms with Crippen molar-refractivity contribution in [3.05, 3.63) is 11.6 Å². The first-order valence-corrected chi connectivity index (χ1v) is 14.6. The van der Waals surface area contributed by atoms with E-state index in [1.165, 1.54) is 6.08 Å². The molecule has 2 aliphatic heterocycles. The van der Waals surface area contributed by atoms with Crippen LogP contribution in [-0.2, 0) is 23.8 Å². The van der Waals surface area contributed by atoms with E-state index in [-0.39, 0.29) is 37.7 Å². The van der Waals surface area contributed by atoms with Gasteiger partial charge in [0.2, 0.25) is 0 Å². The second-order valence-corrected chi connectivity index (χ2v) is 13.6. The summed E-state index contributed by atoms with van der Waals surface area (Å²) in [6.45, 7) is 3.64. The van der Waals surface area contributed by atoms with Gasteiger partial charge in [-0.2, -0.15) is 0 Å². The highest BCUT2D eigenvalue weighted by atomic mass is 16.7. The summed E-state index contributed by atoms with van der Waals surface area (Å²) in [6.07, 6.45) is -2.43. The van der Waals surface area contributed by atoms with E-state index in [0.29, 0.717) is 37.7 Å². The minimum absolute atomic E-state index is 0.105. The molecule has 0 aromatic carbocycles. The van der Waals surface area contributed by atoms with Crippen LogP contribution >= 0.6 is 0 Å². The van der Waals surface area contributed by atoms with Crippen LogP contribution < -0.4 is 0 Å². The van der Waals surface area contributed by atoms with Gasteiger partial charge in [-0.1, -0.05) is 6.92 Å². The molecule has 14 atom stereocenters. The lowest BCUT2D eigenvalue weighted by molar-refractivity contribution is -0.317. The number of aliphatic hydroxyl groups is 6. The van der Waals surface area contributed by atoms with Gasteiger partial charge in [-0.05, 0) is 62.9 Å². The second-order valence-electron chi connectivity index (χ2n) is 13.6. The van der Waals surface area contributed by atoms with Gasteiger partial charge in [0.1, 0.15) is 31.2 Å². The van der Waals surface area contributed by atoms with Crippen molar-refractivity contribution in [2.75, 3.05) is 6.61 Å². The quantitative estimate of drug-likeness (QED) is 0.149. The highest BCUT2D eigenvalue weighted by molar-refractivity contribution is 5.85. The molecule has 0 aromatic heterocycles. The number of carbonyl (C=O) groups is 2. The van der Waals surface area contributed by atoms with Gasteiger partial charge in [0.25, 0.3) is 0 Å². The molecule has 6 aliphatic rings. The van der Waals surface area contributed by atoms with Crippen molar-refractivity contribution in [2.45, 2.75) is 119 Å². The fourth-order valence-electron chi connectivity index (χ4n) is 9.83. The van der Waals surface area contributed by atoms with Crippen LogP contribution in [0, 0.1) is 28.6 Å². The molecule has 11 heteroatoms. The number of fused-ring (bicyclic) bond motifs is 5. The van der Waals surface area contributed by atoms with E-state index in [9.17, 15) is 40.2 Å². The number of aliphatic hydroxyl groups excluding tert-OH is 4. The van der Waals surface area contributed by atoms with Crippen LogP contribution in [0.15, 0.2) is 11.6 Å². The van der Waals surface area contributed by atoms with Crippen molar-refractivity contribution in [1.29, 1.82) is 0 Å². The third-order valence-electron chi connectivity index (χ3n) is 11.9. The van der Waals surface area contributed by atoms with Crippen LogP contribution in [0.3, 0.4) is 0 Å². The van der Waals surface area contributed by atoms with Gasteiger partial charge >= 0.3 is 5.97 Å². The number of hydrogen-bond acceptors (Lipinski definition) is 11. The molecular weight excluding hydrogens is 524 g/mol. The lowest BCUT2D eigenvalue weighted by atomic mass is 9.41. The lowest BCUT2D eigenvalue weighted by Crippen LogP contribution is -2.69. The molecule has 6 rings (SSSR count). The van der Waals surface area contributed by atoms with Crippen LogP contribution in [0.25, 0.3) is 0 Å². The van der Waals surface area contributed by atoms with Gasteiger partial charge in [0.05, 0.1) is 34.9 Å². The normalized spacial score (nSPS) is 56.0. The molecule has 0 amide bonds. The fourth-order valence-corrected chi connectivity index (χ4v) is 9.83. The summed E-state index contributed by atoms with van der Waals surface area (Å²) in [5.41, 5.74) is -3.83. The van der Waals surface area contributed by atoms with Gasteiger partial charge in [-0.3, -0.25) is 0 Å². The monoisotopic (exact) mass is 566 g/mol. The van der Waals surface area contributed by atoms with E-state index < -0.39 is 76.8 Å². The molecule has 1 saturated heterocycles. The molecule has 4 saturated carbocycles. The van der Waals surface area contributed by atoms with Crippen molar-refractivity contribution in [2.24, 2.45) is 28.6 Å². The topological polar surface area (TPSA) is 183 Å². The Bertz CT molecular complexity index is 1080. The van der Waals surface area contributed by atoms with E-state index in [2.05, 4.69) is 0 Å². The van der Waals surface area contributed by atoms with Gasteiger partial charge in [0.15, 0.2) is 6.29 Å². The van der Waals surface area contributed by atoms with E-state index in [1.54, 1.807) is 6.92 Å². The van der Waals surface area contributed by atoms with E-state index >= 15 is 0 Å². The summed E-state index contributed by atoms with van der Waals surface area (Å²) in [6, 6.07) is 0. The molecule has 40 heavy (non-hydrogen) atoms. The molecule has 2 heterocycles. The van der Waals surface area contributed by atoms with Crippen LogP contribution in [0.2, 0.25) is 0 Å². The average Bonchev–Trinajstić information content (AvgIpc) is 3.41.